The molecule has 0 fully saturated rings. The summed E-state index contributed by atoms with van der Waals surface area (Å²) in [4.78, 5) is 0. The third kappa shape index (κ3) is 5.33. The fraction of sp³-hybridized carbons (Fsp3) is 0.471. The Hall–Kier alpha value is -1.92. The first kappa shape index (κ1) is 17.4. The van der Waals surface area contributed by atoms with Crippen LogP contribution in [0.5, 0.6) is 5.75 Å². The van der Waals surface area contributed by atoms with Gasteiger partial charge in [-0.3, -0.25) is 5.10 Å². The summed E-state index contributed by atoms with van der Waals surface area (Å²) >= 11 is 0. The minimum absolute atomic E-state index is 0.00216. The van der Waals surface area contributed by atoms with Crippen LogP contribution in [0, 0.1) is 5.82 Å². The Morgan fingerprint density at radius 3 is 2.65 bits per heavy atom. The largest absolute Gasteiger partial charge is 0.491 e. The molecular formula is C17H24FN3O2. The average Bonchev–Trinajstić information content (AvgIpc) is 2.95. The van der Waals surface area contributed by atoms with E-state index < -0.39 is 6.10 Å². The van der Waals surface area contributed by atoms with Crippen LogP contribution in [0.4, 0.5) is 4.39 Å². The molecule has 23 heavy (non-hydrogen) atoms. The number of hydrogen-bond acceptors (Lipinski definition) is 4. The first-order valence-corrected chi connectivity index (χ1v) is 7.66. The number of rotatable bonds is 7. The maximum absolute atomic E-state index is 12.8. The quantitative estimate of drug-likeness (QED) is 0.732. The van der Waals surface area contributed by atoms with Gasteiger partial charge in [0.05, 0.1) is 6.20 Å². The molecule has 0 spiro atoms. The summed E-state index contributed by atoms with van der Waals surface area (Å²) in [6, 6.07) is 5.73. The minimum Gasteiger partial charge on any atom is -0.491 e. The van der Waals surface area contributed by atoms with Crippen molar-refractivity contribution >= 4 is 0 Å². The van der Waals surface area contributed by atoms with Gasteiger partial charge in [0, 0.05) is 29.8 Å². The lowest BCUT2D eigenvalue weighted by atomic mass is 9.89. The van der Waals surface area contributed by atoms with Gasteiger partial charge in [-0.1, -0.05) is 20.8 Å². The first-order chi connectivity index (χ1) is 10.9. The normalized spacial score (nSPS) is 13.1. The highest BCUT2D eigenvalue weighted by atomic mass is 19.1. The monoisotopic (exact) mass is 321 g/mol. The van der Waals surface area contributed by atoms with Gasteiger partial charge in [0.1, 0.15) is 24.3 Å². The second-order valence-electron chi connectivity index (χ2n) is 6.57. The fourth-order valence-electron chi connectivity index (χ4n) is 2.25. The summed E-state index contributed by atoms with van der Waals surface area (Å²) in [5, 5.41) is 20.2. The number of halogens is 1. The number of nitrogens with zero attached hydrogens (tertiary/aromatic N) is 1. The zero-order chi connectivity index (χ0) is 16.9. The van der Waals surface area contributed by atoms with Crippen LogP contribution < -0.4 is 10.1 Å². The van der Waals surface area contributed by atoms with Crippen molar-refractivity contribution in [2.24, 2.45) is 0 Å². The topological polar surface area (TPSA) is 70.2 Å². The second kappa shape index (κ2) is 7.57. The first-order valence-electron chi connectivity index (χ1n) is 7.66. The number of nitrogens with one attached hydrogen (secondary N) is 2. The van der Waals surface area contributed by atoms with E-state index in [0.29, 0.717) is 18.8 Å². The minimum atomic E-state index is -0.648. The number of aliphatic hydroxyl groups excluding tert-OH is 1. The van der Waals surface area contributed by atoms with E-state index in [2.05, 4.69) is 36.3 Å². The smallest absolute Gasteiger partial charge is 0.123 e. The van der Waals surface area contributed by atoms with Gasteiger partial charge >= 0.3 is 0 Å². The zero-order valence-electron chi connectivity index (χ0n) is 13.8. The number of aromatic nitrogens is 2. The molecule has 126 valence electrons. The third-order valence-corrected chi connectivity index (χ3v) is 3.42. The Morgan fingerprint density at radius 2 is 2.00 bits per heavy atom. The third-order valence-electron chi connectivity index (χ3n) is 3.42. The molecule has 2 rings (SSSR count). The summed E-state index contributed by atoms with van der Waals surface area (Å²) in [5.74, 6) is 0.227. The molecule has 1 atom stereocenters. The molecule has 0 unspecified atom stereocenters. The molecule has 1 heterocycles. The molecule has 3 N–H and O–H groups in total. The molecule has 6 heteroatoms. The van der Waals surface area contributed by atoms with E-state index in [4.69, 9.17) is 4.74 Å². The molecule has 2 aromatic rings. The zero-order valence-corrected chi connectivity index (χ0v) is 13.8. The van der Waals surface area contributed by atoms with Gasteiger partial charge < -0.3 is 15.2 Å². The maximum Gasteiger partial charge on any atom is 0.123 e. The molecule has 5 nitrogen and oxygen atoms in total. The number of ether oxygens (including phenoxy) is 1. The van der Waals surface area contributed by atoms with Gasteiger partial charge in [-0.15, -0.1) is 0 Å². The predicted octanol–water partition coefficient (Wildman–Crippen LogP) is 2.38. The highest BCUT2D eigenvalue weighted by molar-refractivity contribution is 5.23. The van der Waals surface area contributed by atoms with E-state index in [-0.39, 0.29) is 17.8 Å². The van der Waals surface area contributed by atoms with Crippen molar-refractivity contribution in [3.63, 3.8) is 0 Å². The molecule has 0 bridgehead atoms. The number of hydrogen-bond donors (Lipinski definition) is 3. The fourth-order valence-corrected chi connectivity index (χ4v) is 2.25. The Bertz CT molecular complexity index is 605. The Balaban J connectivity index is 1.74. The molecule has 1 aromatic carbocycles. The van der Waals surface area contributed by atoms with Gasteiger partial charge in [0.25, 0.3) is 0 Å². The van der Waals surface area contributed by atoms with Crippen LogP contribution in [-0.4, -0.2) is 34.6 Å². The van der Waals surface area contributed by atoms with Crippen molar-refractivity contribution in [2.75, 3.05) is 13.2 Å². The van der Waals surface area contributed by atoms with E-state index in [1.807, 2.05) is 0 Å². The van der Waals surface area contributed by atoms with Crippen LogP contribution in [0.1, 0.15) is 32.0 Å². The number of H-pyrrole nitrogens is 1. The number of aromatic amines is 1. The van der Waals surface area contributed by atoms with E-state index in [9.17, 15) is 9.50 Å². The highest BCUT2D eigenvalue weighted by Gasteiger charge is 2.19. The summed E-state index contributed by atoms with van der Waals surface area (Å²) in [7, 11) is 0. The summed E-state index contributed by atoms with van der Waals surface area (Å²) in [5.41, 5.74) is 2.17. The number of benzene rings is 1. The van der Waals surface area contributed by atoms with Crippen molar-refractivity contribution in [3.8, 4) is 5.75 Å². The Morgan fingerprint density at radius 1 is 1.30 bits per heavy atom. The van der Waals surface area contributed by atoms with E-state index in [1.165, 1.54) is 24.3 Å². The number of aliphatic hydroxyl groups is 1. The van der Waals surface area contributed by atoms with E-state index in [0.717, 1.165) is 11.3 Å². The molecule has 0 aliphatic heterocycles. The molecule has 0 saturated heterocycles. The van der Waals surface area contributed by atoms with Crippen molar-refractivity contribution in [3.05, 3.63) is 47.5 Å². The lowest BCUT2D eigenvalue weighted by molar-refractivity contribution is 0.106. The van der Waals surface area contributed by atoms with Crippen LogP contribution >= 0.6 is 0 Å². The van der Waals surface area contributed by atoms with Crippen LogP contribution in [0.15, 0.2) is 30.5 Å². The van der Waals surface area contributed by atoms with Gasteiger partial charge in [0.15, 0.2) is 0 Å². The van der Waals surface area contributed by atoms with E-state index >= 15 is 0 Å². The molecule has 0 aliphatic carbocycles. The van der Waals surface area contributed by atoms with Crippen molar-refractivity contribution < 1.29 is 14.2 Å². The second-order valence-corrected chi connectivity index (χ2v) is 6.57. The SMILES string of the molecule is CC(C)(C)c1[nH]ncc1CNC[C@H](O)COc1ccc(F)cc1. The summed E-state index contributed by atoms with van der Waals surface area (Å²) in [6.07, 6.45) is 1.15. The van der Waals surface area contributed by atoms with Crippen LogP contribution in [-0.2, 0) is 12.0 Å². The van der Waals surface area contributed by atoms with Gasteiger partial charge in [-0.2, -0.15) is 5.10 Å². The van der Waals surface area contributed by atoms with Crippen molar-refractivity contribution in [1.29, 1.82) is 0 Å². The maximum atomic E-state index is 12.8. The summed E-state index contributed by atoms with van der Waals surface area (Å²) < 4.78 is 18.2. The molecule has 0 aliphatic rings. The lowest BCUT2D eigenvalue weighted by Gasteiger charge is -2.19. The van der Waals surface area contributed by atoms with Crippen LogP contribution in [0.2, 0.25) is 0 Å². The van der Waals surface area contributed by atoms with Crippen molar-refractivity contribution in [1.82, 2.24) is 15.5 Å². The van der Waals surface area contributed by atoms with Gasteiger partial charge in [-0.25, -0.2) is 4.39 Å². The molecular weight excluding hydrogens is 297 g/mol. The summed E-state index contributed by atoms with van der Waals surface area (Å²) in [6.45, 7) is 7.53. The van der Waals surface area contributed by atoms with Crippen LogP contribution in [0.25, 0.3) is 0 Å². The highest BCUT2D eigenvalue weighted by Crippen LogP contribution is 2.23. The van der Waals surface area contributed by atoms with E-state index in [1.54, 1.807) is 6.20 Å². The van der Waals surface area contributed by atoms with Crippen molar-refractivity contribution in [2.45, 2.75) is 38.8 Å². The predicted molar refractivity (Wildman–Crippen MR) is 86.9 cm³/mol. The standard InChI is InChI=1S/C17H24FN3O2/c1-17(2,3)16-12(9-20-21-16)8-19-10-14(22)11-23-15-6-4-13(18)5-7-15/h4-7,9,14,19,22H,8,10-11H2,1-3H3,(H,20,21)/t14-/m0/s1. The molecule has 0 amide bonds. The van der Waals surface area contributed by atoms with Gasteiger partial charge in [-0.05, 0) is 24.3 Å². The average molecular weight is 321 g/mol. The Kier molecular flexibility index (Phi) is 5.74. The molecule has 1 aromatic heterocycles. The lowest BCUT2D eigenvalue weighted by Crippen LogP contribution is -2.31. The molecule has 0 saturated carbocycles. The Labute approximate surface area is 135 Å². The molecule has 0 radical (unpaired) electrons. The van der Waals surface area contributed by atoms with Crippen LogP contribution in [0.3, 0.4) is 0 Å². The van der Waals surface area contributed by atoms with Gasteiger partial charge in [0.2, 0.25) is 0 Å².